The lowest BCUT2D eigenvalue weighted by Gasteiger charge is -2.11. The Morgan fingerprint density at radius 1 is 0.935 bits per heavy atom. The number of benzene rings is 3. The maximum atomic E-state index is 13.0. The van der Waals surface area contributed by atoms with Crippen LogP contribution in [0.25, 0.3) is 17.1 Å². The summed E-state index contributed by atoms with van der Waals surface area (Å²) < 4.78 is 7.07. The molecule has 1 N–H and O–H groups in total. The summed E-state index contributed by atoms with van der Waals surface area (Å²) in [4.78, 5) is 17.6. The molecular weight excluding hydrogens is 388 g/mol. The monoisotopic (exact) mass is 412 g/mol. The van der Waals surface area contributed by atoms with Gasteiger partial charge in [-0.1, -0.05) is 54.1 Å². The summed E-state index contributed by atoms with van der Waals surface area (Å²) in [5.41, 5.74) is 5.71. The molecule has 0 atom stereocenters. The average Bonchev–Trinajstić information content (AvgIpc) is 3.22. The number of ether oxygens (including phenoxy) is 1. The van der Waals surface area contributed by atoms with Gasteiger partial charge in [0.25, 0.3) is 5.91 Å². The van der Waals surface area contributed by atoms with E-state index in [1.54, 1.807) is 23.9 Å². The van der Waals surface area contributed by atoms with Crippen molar-refractivity contribution in [1.29, 1.82) is 0 Å². The molecule has 0 radical (unpaired) electrons. The maximum Gasteiger partial charge on any atom is 0.295 e. The summed E-state index contributed by atoms with van der Waals surface area (Å²) in [7, 11) is 1.56. The highest BCUT2D eigenvalue weighted by Crippen LogP contribution is 2.26. The Kier molecular flexibility index (Phi) is 5.54. The van der Waals surface area contributed by atoms with Gasteiger partial charge in [0.15, 0.2) is 5.82 Å². The van der Waals surface area contributed by atoms with Gasteiger partial charge >= 0.3 is 0 Å². The Hall–Kier alpha value is -3.93. The molecule has 0 fully saturated rings. The third-order valence-electron chi connectivity index (χ3n) is 5.28. The summed E-state index contributed by atoms with van der Waals surface area (Å²) in [6, 6.07) is 21.3. The van der Waals surface area contributed by atoms with Gasteiger partial charge < -0.3 is 10.1 Å². The molecule has 4 aromatic rings. The highest BCUT2D eigenvalue weighted by molar-refractivity contribution is 6.02. The molecule has 0 aliphatic carbocycles. The zero-order chi connectivity index (χ0) is 22.0. The number of nitrogens with zero attached hydrogens (tertiary/aromatic N) is 3. The van der Waals surface area contributed by atoms with E-state index in [2.05, 4.69) is 28.4 Å². The minimum atomic E-state index is -0.401. The number of amides is 1. The Bertz CT molecular complexity index is 1240. The first kappa shape index (κ1) is 20.3. The van der Waals surface area contributed by atoms with Gasteiger partial charge in [0.2, 0.25) is 5.82 Å². The summed E-state index contributed by atoms with van der Waals surface area (Å²) in [6.07, 6.45) is 0. The molecule has 156 valence electrons. The maximum absolute atomic E-state index is 13.0. The van der Waals surface area contributed by atoms with Crippen LogP contribution in [0, 0.1) is 20.8 Å². The lowest BCUT2D eigenvalue weighted by Crippen LogP contribution is -2.15. The molecular formula is C25H24N4O2. The highest BCUT2D eigenvalue weighted by atomic mass is 16.5. The summed E-state index contributed by atoms with van der Waals surface area (Å²) in [5.74, 6) is 0.867. The topological polar surface area (TPSA) is 69.0 Å². The van der Waals surface area contributed by atoms with Crippen molar-refractivity contribution < 1.29 is 9.53 Å². The smallest absolute Gasteiger partial charge is 0.295 e. The van der Waals surface area contributed by atoms with Gasteiger partial charge in [-0.15, -0.1) is 5.10 Å². The predicted molar refractivity (Wildman–Crippen MR) is 122 cm³/mol. The number of anilines is 1. The average molecular weight is 412 g/mol. The predicted octanol–water partition coefficient (Wildman–Crippen LogP) is 5.12. The van der Waals surface area contributed by atoms with Crippen LogP contribution in [0.5, 0.6) is 5.75 Å². The Morgan fingerprint density at radius 2 is 1.68 bits per heavy atom. The molecule has 0 aliphatic heterocycles. The van der Waals surface area contributed by atoms with E-state index in [9.17, 15) is 4.79 Å². The van der Waals surface area contributed by atoms with E-state index < -0.39 is 5.91 Å². The van der Waals surface area contributed by atoms with Gasteiger partial charge in [-0.25, -0.2) is 9.67 Å². The van der Waals surface area contributed by atoms with Gasteiger partial charge in [0.05, 0.1) is 18.5 Å². The van der Waals surface area contributed by atoms with Crippen molar-refractivity contribution in [3.05, 3.63) is 89.2 Å². The highest BCUT2D eigenvalue weighted by Gasteiger charge is 2.21. The standard InChI is InChI=1S/C25H24N4O2/c1-16-12-14-19(15-13-16)24-27-23(25(30)26-20-9-5-6-11-22(20)31-4)28-29(24)21-10-7-8-17(2)18(21)3/h5-15H,1-4H3,(H,26,30). The fourth-order valence-corrected chi connectivity index (χ4v) is 3.36. The molecule has 0 saturated carbocycles. The van der Waals surface area contributed by atoms with Crippen LogP contribution < -0.4 is 10.1 Å². The number of hydrogen-bond donors (Lipinski definition) is 1. The van der Waals surface area contributed by atoms with E-state index in [0.717, 1.165) is 27.9 Å². The van der Waals surface area contributed by atoms with Crippen molar-refractivity contribution >= 4 is 11.6 Å². The fraction of sp³-hybridized carbons (Fsp3) is 0.160. The van der Waals surface area contributed by atoms with Crippen molar-refractivity contribution in [2.24, 2.45) is 0 Å². The summed E-state index contributed by atoms with van der Waals surface area (Å²) in [6.45, 7) is 6.13. The largest absolute Gasteiger partial charge is 0.495 e. The Morgan fingerprint density at radius 3 is 2.42 bits per heavy atom. The quantitative estimate of drug-likeness (QED) is 0.494. The molecule has 3 aromatic carbocycles. The second kappa shape index (κ2) is 8.44. The summed E-state index contributed by atoms with van der Waals surface area (Å²) >= 11 is 0. The van der Waals surface area contributed by atoms with Gasteiger partial charge in [0.1, 0.15) is 5.75 Å². The van der Waals surface area contributed by atoms with E-state index in [4.69, 9.17) is 4.74 Å². The third-order valence-corrected chi connectivity index (χ3v) is 5.28. The zero-order valence-electron chi connectivity index (χ0n) is 18.0. The van der Waals surface area contributed by atoms with Crippen LogP contribution in [-0.4, -0.2) is 27.8 Å². The van der Waals surface area contributed by atoms with Crippen LogP contribution in [0.3, 0.4) is 0 Å². The molecule has 0 bridgehead atoms. The number of aryl methyl sites for hydroxylation is 2. The van der Waals surface area contributed by atoms with Gasteiger partial charge in [-0.2, -0.15) is 0 Å². The minimum absolute atomic E-state index is 0.0855. The van der Waals surface area contributed by atoms with Crippen LogP contribution in [-0.2, 0) is 0 Å². The molecule has 6 heteroatoms. The number of carbonyl (C=O) groups is 1. The van der Waals surface area contributed by atoms with Crippen LogP contribution in [0.2, 0.25) is 0 Å². The molecule has 0 saturated heterocycles. The number of nitrogens with one attached hydrogen (secondary N) is 1. The number of para-hydroxylation sites is 2. The van der Waals surface area contributed by atoms with E-state index in [-0.39, 0.29) is 5.82 Å². The first-order valence-electron chi connectivity index (χ1n) is 10.0. The first-order chi connectivity index (χ1) is 15.0. The van der Waals surface area contributed by atoms with Crippen molar-refractivity contribution in [3.8, 4) is 22.8 Å². The fourth-order valence-electron chi connectivity index (χ4n) is 3.36. The van der Waals surface area contributed by atoms with E-state index in [1.807, 2.05) is 62.4 Å². The molecule has 1 aromatic heterocycles. The molecule has 4 rings (SSSR count). The van der Waals surface area contributed by atoms with Crippen molar-refractivity contribution in [2.45, 2.75) is 20.8 Å². The second-order valence-corrected chi connectivity index (χ2v) is 7.41. The third kappa shape index (κ3) is 4.05. The van der Waals surface area contributed by atoms with Crippen LogP contribution in [0.15, 0.2) is 66.7 Å². The normalized spacial score (nSPS) is 10.7. The first-order valence-corrected chi connectivity index (χ1v) is 10.0. The van der Waals surface area contributed by atoms with Gasteiger partial charge in [-0.3, -0.25) is 4.79 Å². The van der Waals surface area contributed by atoms with Gasteiger partial charge in [-0.05, 0) is 50.1 Å². The second-order valence-electron chi connectivity index (χ2n) is 7.41. The van der Waals surface area contributed by atoms with Crippen molar-refractivity contribution in [2.75, 3.05) is 12.4 Å². The van der Waals surface area contributed by atoms with E-state index in [0.29, 0.717) is 17.3 Å². The molecule has 31 heavy (non-hydrogen) atoms. The molecule has 6 nitrogen and oxygen atoms in total. The summed E-state index contributed by atoms with van der Waals surface area (Å²) in [5, 5.41) is 7.44. The SMILES string of the molecule is COc1ccccc1NC(=O)c1nc(-c2ccc(C)cc2)n(-c2cccc(C)c2C)n1. The Labute approximate surface area is 181 Å². The Balaban J connectivity index is 1.80. The number of methoxy groups -OCH3 is 1. The molecule has 0 unspecified atom stereocenters. The van der Waals surface area contributed by atoms with Crippen LogP contribution >= 0.6 is 0 Å². The zero-order valence-corrected chi connectivity index (χ0v) is 18.0. The number of hydrogen-bond acceptors (Lipinski definition) is 4. The molecule has 0 spiro atoms. The number of aromatic nitrogens is 3. The lowest BCUT2D eigenvalue weighted by molar-refractivity contribution is 0.101. The van der Waals surface area contributed by atoms with Crippen LogP contribution in [0.4, 0.5) is 5.69 Å². The van der Waals surface area contributed by atoms with Crippen molar-refractivity contribution in [3.63, 3.8) is 0 Å². The van der Waals surface area contributed by atoms with Crippen molar-refractivity contribution in [1.82, 2.24) is 14.8 Å². The lowest BCUT2D eigenvalue weighted by atomic mass is 10.1. The molecule has 1 amide bonds. The molecule has 0 aliphatic rings. The van der Waals surface area contributed by atoms with E-state index in [1.165, 1.54) is 0 Å². The van der Waals surface area contributed by atoms with Gasteiger partial charge in [0, 0.05) is 5.56 Å². The number of carbonyl (C=O) groups excluding carboxylic acids is 1. The van der Waals surface area contributed by atoms with E-state index >= 15 is 0 Å². The van der Waals surface area contributed by atoms with Crippen LogP contribution in [0.1, 0.15) is 27.3 Å². The number of rotatable bonds is 5. The minimum Gasteiger partial charge on any atom is -0.495 e. The molecule has 1 heterocycles.